The van der Waals surface area contributed by atoms with Crippen LogP contribution in [-0.4, -0.2) is 14.4 Å². The van der Waals surface area contributed by atoms with Crippen LogP contribution in [0.15, 0.2) is 72.1 Å². The van der Waals surface area contributed by atoms with Crippen LogP contribution < -0.4 is 0 Å². The van der Waals surface area contributed by atoms with Crippen molar-refractivity contribution in [3.8, 4) is 0 Å². The molecular formula is C15H12O4S. The van der Waals surface area contributed by atoms with Gasteiger partial charge in [0.25, 0.3) is 0 Å². The van der Waals surface area contributed by atoms with Gasteiger partial charge in [-0.2, -0.15) is 8.42 Å². The number of benzene rings is 2. The summed E-state index contributed by atoms with van der Waals surface area (Å²) in [6, 6.07) is 16.0. The quantitative estimate of drug-likeness (QED) is 0.641. The lowest BCUT2D eigenvalue weighted by atomic mass is 10.1. The third-order valence-corrected chi connectivity index (χ3v) is 3.81. The zero-order valence-corrected chi connectivity index (χ0v) is 11.3. The van der Waals surface area contributed by atoms with Crippen LogP contribution in [0.25, 0.3) is 5.57 Å². The van der Waals surface area contributed by atoms with Crippen molar-refractivity contribution < 1.29 is 17.4 Å². The standard InChI is InChI=1S/C15H12O4S/c1-12(13-8-4-2-5-9-13)15(16)19-20(17,18)14-10-6-3-7-11-14/h2-11H,1H2. The van der Waals surface area contributed by atoms with E-state index in [0.717, 1.165) is 0 Å². The highest BCUT2D eigenvalue weighted by molar-refractivity contribution is 7.87. The molecule has 0 radical (unpaired) electrons. The van der Waals surface area contributed by atoms with E-state index in [1.807, 2.05) is 0 Å². The van der Waals surface area contributed by atoms with E-state index in [0.29, 0.717) is 5.56 Å². The van der Waals surface area contributed by atoms with Crippen molar-refractivity contribution in [1.29, 1.82) is 0 Å². The van der Waals surface area contributed by atoms with Gasteiger partial charge in [0.05, 0.1) is 5.57 Å². The average Bonchev–Trinajstić information content (AvgIpc) is 2.48. The van der Waals surface area contributed by atoms with Crippen molar-refractivity contribution in [2.24, 2.45) is 0 Å². The van der Waals surface area contributed by atoms with Crippen LogP contribution >= 0.6 is 0 Å². The van der Waals surface area contributed by atoms with Gasteiger partial charge in [-0.15, -0.1) is 0 Å². The Balaban J connectivity index is 2.18. The van der Waals surface area contributed by atoms with Crippen molar-refractivity contribution in [1.82, 2.24) is 0 Å². The van der Waals surface area contributed by atoms with Gasteiger partial charge < -0.3 is 4.18 Å². The van der Waals surface area contributed by atoms with Crippen LogP contribution in [0, 0.1) is 0 Å². The molecule has 5 heteroatoms. The number of hydrogen-bond donors (Lipinski definition) is 0. The number of carbonyl (C=O) groups is 1. The van der Waals surface area contributed by atoms with E-state index >= 15 is 0 Å². The van der Waals surface area contributed by atoms with Crippen LogP contribution in [0.3, 0.4) is 0 Å². The molecule has 0 saturated carbocycles. The SMILES string of the molecule is C=C(C(=O)OS(=O)(=O)c1ccccc1)c1ccccc1. The first kappa shape index (κ1) is 14.0. The highest BCUT2D eigenvalue weighted by Crippen LogP contribution is 2.18. The first-order chi connectivity index (χ1) is 9.50. The van der Waals surface area contributed by atoms with Crippen molar-refractivity contribution in [2.75, 3.05) is 0 Å². The highest BCUT2D eigenvalue weighted by atomic mass is 32.2. The van der Waals surface area contributed by atoms with Gasteiger partial charge in [0, 0.05) is 0 Å². The molecule has 2 aromatic rings. The Morgan fingerprint density at radius 1 is 0.900 bits per heavy atom. The molecule has 0 amide bonds. The monoisotopic (exact) mass is 288 g/mol. The summed E-state index contributed by atoms with van der Waals surface area (Å²) in [5, 5.41) is 0. The molecule has 0 bridgehead atoms. The average molecular weight is 288 g/mol. The van der Waals surface area contributed by atoms with Gasteiger partial charge in [0.1, 0.15) is 4.90 Å². The van der Waals surface area contributed by atoms with Gasteiger partial charge in [-0.1, -0.05) is 55.1 Å². The van der Waals surface area contributed by atoms with Gasteiger partial charge >= 0.3 is 16.1 Å². The summed E-state index contributed by atoms with van der Waals surface area (Å²) in [5.41, 5.74) is 0.505. The summed E-state index contributed by atoms with van der Waals surface area (Å²) in [7, 11) is -4.12. The molecule has 0 aliphatic rings. The molecule has 0 N–H and O–H groups in total. The molecule has 0 heterocycles. The maximum Gasteiger partial charge on any atom is 0.354 e. The molecule has 102 valence electrons. The van der Waals surface area contributed by atoms with E-state index < -0.39 is 16.1 Å². The Bertz CT molecular complexity index is 719. The normalized spacial score (nSPS) is 10.8. The zero-order valence-electron chi connectivity index (χ0n) is 10.5. The predicted molar refractivity (Wildman–Crippen MR) is 75.2 cm³/mol. The minimum atomic E-state index is -4.12. The molecular weight excluding hydrogens is 276 g/mol. The number of hydrogen-bond acceptors (Lipinski definition) is 4. The lowest BCUT2D eigenvalue weighted by molar-refractivity contribution is -0.127. The van der Waals surface area contributed by atoms with Crippen LogP contribution in [0.2, 0.25) is 0 Å². The third kappa shape index (κ3) is 3.13. The molecule has 0 aliphatic carbocycles. The predicted octanol–water partition coefficient (Wildman–Crippen LogP) is 2.63. The summed E-state index contributed by atoms with van der Waals surface area (Å²) in [6.07, 6.45) is 0. The summed E-state index contributed by atoms with van der Waals surface area (Å²) >= 11 is 0. The lowest BCUT2D eigenvalue weighted by Gasteiger charge is -2.07. The van der Waals surface area contributed by atoms with Gasteiger partial charge in [-0.25, -0.2) is 4.79 Å². The Labute approximate surface area is 117 Å². The molecule has 0 atom stereocenters. The Morgan fingerprint density at radius 2 is 1.40 bits per heavy atom. The summed E-state index contributed by atoms with van der Waals surface area (Å²) < 4.78 is 28.4. The van der Waals surface area contributed by atoms with E-state index in [2.05, 4.69) is 10.8 Å². The fourth-order valence-electron chi connectivity index (χ4n) is 1.54. The third-order valence-electron chi connectivity index (χ3n) is 2.59. The van der Waals surface area contributed by atoms with E-state index in [9.17, 15) is 13.2 Å². The summed E-state index contributed by atoms with van der Waals surface area (Å²) in [4.78, 5) is 11.8. The molecule has 0 unspecified atom stereocenters. The molecule has 0 aliphatic heterocycles. The number of carbonyl (C=O) groups excluding carboxylic acids is 1. The van der Waals surface area contributed by atoms with Gasteiger partial charge in [-0.05, 0) is 17.7 Å². The van der Waals surface area contributed by atoms with Crippen LogP contribution in [-0.2, 0) is 19.1 Å². The lowest BCUT2D eigenvalue weighted by Crippen LogP contribution is -2.14. The van der Waals surface area contributed by atoms with Crippen molar-refractivity contribution in [3.63, 3.8) is 0 Å². The van der Waals surface area contributed by atoms with E-state index in [1.54, 1.807) is 48.5 Å². The molecule has 2 rings (SSSR count). The molecule has 4 nitrogen and oxygen atoms in total. The van der Waals surface area contributed by atoms with Crippen LogP contribution in [0.5, 0.6) is 0 Å². The maximum atomic E-state index is 11.9. The van der Waals surface area contributed by atoms with Gasteiger partial charge in [0.15, 0.2) is 0 Å². The molecule has 2 aromatic carbocycles. The highest BCUT2D eigenvalue weighted by Gasteiger charge is 2.22. The first-order valence-corrected chi connectivity index (χ1v) is 7.20. The Kier molecular flexibility index (Phi) is 4.00. The van der Waals surface area contributed by atoms with E-state index in [1.165, 1.54) is 12.1 Å². The molecule has 20 heavy (non-hydrogen) atoms. The minimum absolute atomic E-state index is 0.00916. The largest absolute Gasteiger partial charge is 0.354 e. The fraction of sp³-hybridized carbons (Fsp3) is 0. The minimum Gasteiger partial charge on any atom is -0.338 e. The smallest absolute Gasteiger partial charge is 0.338 e. The summed E-state index contributed by atoms with van der Waals surface area (Å²) in [5.74, 6) is -0.986. The number of rotatable bonds is 4. The first-order valence-electron chi connectivity index (χ1n) is 5.79. The topological polar surface area (TPSA) is 60.4 Å². The van der Waals surface area contributed by atoms with Crippen LogP contribution in [0.1, 0.15) is 5.56 Å². The molecule has 0 spiro atoms. The second-order valence-corrected chi connectivity index (χ2v) is 5.53. The Morgan fingerprint density at radius 3 is 1.95 bits per heavy atom. The fourth-order valence-corrected chi connectivity index (χ4v) is 2.43. The molecule has 0 saturated heterocycles. The maximum absolute atomic E-state index is 11.9. The second-order valence-electron chi connectivity index (χ2n) is 3.98. The van der Waals surface area contributed by atoms with Gasteiger partial charge in [0.2, 0.25) is 0 Å². The molecule has 0 aromatic heterocycles. The van der Waals surface area contributed by atoms with Crippen molar-refractivity contribution >= 4 is 21.7 Å². The summed E-state index contributed by atoms with van der Waals surface area (Å²) in [6.45, 7) is 3.56. The van der Waals surface area contributed by atoms with Gasteiger partial charge in [-0.3, -0.25) is 0 Å². The second kappa shape index (κ2) is 5.71. The van der Waals surface area contributed by atoms with Crippen molar-refractivity contribution in [3.05, 3.63) is 72.8 Å². The van der Waals surface area contributed by atoms with E-state index in [-0.39, 0.29) is 10.5 Å². The van der Waals surface area contributed by atoms with Crippen molar-refractivity contribution in [2.45, 2.75) is 4.90 Å². The molecule has 0 fully saturated rings. The van der Waals surface area contributed by atoms with E-state index in [4.69, 9.17) is 0 Å². The zero-order chi connectivity index (χ0) is 14.6. The Hall–Kier alpha value is -2.40. The van der Waals surface area contributed by atoms with Crippen LogP contribution in [0.4, 0.5) is 0 Å².